The van der Waals surface area contributed by atoms with E-state index in [-0.39, 0.29) is 19.4 Å². The molecule has 0 aromatic carbocycles. The third-order valence-electron chi connectivity index (χ3n) is 2.14. The largest absolute Gasteiger partial charge is 0.481 e. The van der Waals surface area contributed by atoms with Gasteiger partial charge in [-0.05, 0) is 27.2 Å². The van der Waals surface area contributed by atoms with Crippen LogP contribution in [0.15, 0.2) is 0 Å². The minimum absolute atomic E-state index is 0.0493. The van der Waals surface area contributed by atoms with Crippen LogP contribution in [-0.2, 0) is 19.4 Å². The van der Waals surface area contributed by atoms with E-state index in [2.05, 4.69) is 5.32 Å². The molecule has 0 saturated heterocycles. The summed E-state index contributed by atoms with van der Waals surface area (Å²) in [5.41, 5.74) is 0. The molecule has 0 fully saturated rings. The average Bonchev–Trinajstić information content (AvgIpc) is 2.09. The van der Waals surface area contributed by atoms with Crippen LogP contribution >= 0.6 is 0 Å². The van der Waals surface area contributed by atoms with Crippen LogP contribution in [0.4, 0.5) is 0 Å². The maximum atomic E-state index is 11.6. The van der Waals surface area contributed by atoms with Crippen LogP contribution in [0.3, 0.4) is 0 Å². The van der Waals surface area contributed by atoms with Gasteiger partial charge < -0.3 is 10.4 Å². The summed E-state index contributed by atoms with van der Waals surface area (Å²) in [6.45, 7) is 4.75. The number of carbonyl (C=O) groups excluding carboxylic acids is 1. The average molecular weight is 265 g/mol. The summed E-state index contributed by atoms with van der Waals surface area (Å²) in [6, 6.07) is 0. The lowest BCUT2D eigenvalue weighted by Crippen LogP contribution is -2.38. The van der Waals surface area contributed by atoms with E-state index in [0.717, 1.165) is 0 Å². The smallest absolute Gasteiger partial charge is 0.303 e. The predicted octanol–water partition coefficient (Wildman–Crippen LogP) is 0.181. The fraction of sp³-hybridized carbons (Fsp3) is 0.800. The topological polar surface area (TPSA) is 101 Å². The normalized spacial score (nSPS) is 12.2. The zero-order valence-electron chi connectivity index (χ0n) is 10.3. The van der Waals surface area contributed by atoms with E-state index in [1.807, 2.05) is 0 Å². The van der Waals surface area contributed by atoms with E-state index in [1.165, 1.54) is 20.8 Å². The van der Waals surface area contributed by atoms with E-state index in [0.29, 0.717) is 0 Å². The van der Waals surface area contributed by atoms with Crippen molar-refractivity contribution in [1.29, 1.82) is 0 Å². The molecule has 0 saturated carbocycles. The molecule has 0 bridgehead atoms. The van der Waals surface area contributed by atoms with E-state index in [1.54, 1.807) is 0 Å². The highest BCUT2D eigenvalue weighted by molar-refractivity contribution is 7.93. The Morgan fingerprint density at radius 2 is 1.76 bits per heavy atom. The first-order chi connectivity index (χ1) is 7.56. The van der Waals surface area contributed by atoms with Crippen molar-refractivity contribution >= 4 is 21.7 Å². The van der Waals surface area contributed by atoms with Crippen LogP contribution in [0, 0.1) is 0 Å². The number of hydrogen-bond acceptors (Lipinski definition) is 4. The van der Waals surface area contributed by atoms with E-state index in [9.17, 15) is 18.0 Å². The Hall–Kier alpha value is -1.11. The summed E-state index contributed by atoms with van der Waals surface area (Å²) in [7, 11) is -3.48. The number of carboxylic acid groups (broad SMARTS) is 1. The molecule has 2 N–H and O–H groups in total. The molecule has 0 aliphatic carbocycles. The van der Waals surface area contributed by atoms with Gasteiger partial charge in [-0.15, -0.1) is 0 Å². The molecule has 6 nitrogen and oxygen atoms in total. The van der Waals surface area contributed by atoms with Crippen molar-refractivity contribution in [2.75, 3.05) is 12.3 Å². The second-order valence-corrected chi connectivity index (χ2v) is 7.46. The molecule has 17 heavy (non-hydrogen) atoms. The molecule has 1 amide bonds. The molecule has 0 rings (SSSR count). The Kier molecular flexibility index (Phi) is 5.60. The number of aliphatic carboxylic acids is 1. The Balaban J connectivity index is 4.08. The molecule has 0 radical (unpaired) electrons. The predicted molar refractivity (Wildman–Crippen MR) is 63.4 cm³/mol. The lowest BCUT2D eigenvalue weighted by atomic mass is 10.3. The number of carboxylic acids is 1. The van der Waals surface area contributed by atoms with Gasteiger partial charge in [0.2, 0.25) is 5.91 Å². The zero-order valence-corrected chi connectivity index (χ0v) is 11.1. The number of sulfone groups is 1. The van der Waals surface area contributed by atoms with Gasteiger partial charge in [-0.1, -0.05) is 0 Å². The van der Waals surface area contributed by atoms with E-state index in [4.69, 9.17) is 5.11 Å². The third-order valence-corrected chi connectivity index (χ3v) is 4.65. The van der Waals surface area contributed by atoms with Gasteiger partial charge in [-0.25, -0.2) is 8.42 Å². The van der Waals surface area contributed by atoms with Crippen molar-refractivity contribution in [2.24, 2.45) is 0 Å². The molecule has 0 unspecified atom stereocenters. The monoisotopic (exact) mass is 265 g/mol. The van der Waals surface area contributed by atoms with Crippen molar-refractivity contribution in [1.82, 2.24) is 5.32 Å². The standard InChI is InChI=1S/C10H19NO5S/c1-10(2,3)17(15,16)7-8(12)11-6-4-5-9(13)14/h4-7H2,1-3H3,(H,11,12)(H,13,14). The van der Waals surface area contributed by atoms with Gasteiger partial charge in [-0.2, -0.15) is 0 Å². The molecule has 100 valence electrons. The summed E-state index contributed by atoms with van der Waals surface area (Å²) in [5, 5.41) is 10.7. The summed E-state index contributed by atoms with van der Waals surface area (Å²) in [4.78, 5) is 21.5. The second-order valence-electron chi connectivity index (χ2n) is 4.72. The van der Waals surface area contributed by atoms with Gasteiger partial charge in [0.25, 0.3) is 0 Å². The summed E-state index contributed by atoms with van der Waals surface area (Å²) < 4.78 is 22.3. The SMILES string of the molecule is CC(C)(C)S(=O)(=O)CC(=O)NCCCC(=O)O. The van der Waals surface area contributed by atoms with Gasteiger partial charge in [0.15, 0.2) is 9.84 Å². The molecule has 0 spiro atoms. The van der Waals surface area contributed by atoms with Crippen LogP contribution in [0.5, 0.6) is 0 Å². The molecule has 0 aliphatic heterocycles. The number of carbonyl (C=O) groups is 2. The minimum atomic E-state index is -3.48. The van der Waals surface area contributed by atoms with E-state index < -0.39 is 32.2 Å². The number of rotatable bonds is 6. The van der Waals surface area contributed by atoms with Crippen molar-refractivity contribution in [3.05, 3.63) is 0 Å². The van der Waals surface area contributed by atoms with Gasteiger partial charge in [0.1, 0.15) is 5.75 Å². The summed E-state index contributed by atoms with van der Waals surface area (Å²) in [6.07, 6.45) is 0.239. The number of hydrogen-bond donors (Lipinski definition) is 2. The van der Waals surface area contributed by atoms with E-state index >= 15 is 0 Å². The van der Waals surface area contributed by atoms with Crippen molar-refractivity contribution < 1.29 is 23.1 Å². The van der Waals surface area contributed by atoms with Crippen LogP contribution in [0.25, 0.3) is 0 Å². The van der Waals surface area contributed by atoms with Crippen molar-refractivity contribution in [3.8, 4) is 0 Å². The van der Waals surface area contributed by atoms with Gasteiger partial charge in [0, 0.05) is 13.0 Å². The lowest BCUT2D eigenvalue weighted by molar-refractivity contribution is -0.137. The van der Waals surface area contributed by atoms with Crippen LogP contribution in [-0.4, -0.2) is 42.4 Å². The molecule has 0 atom stereocenters. The van der Waals surface area contributed by atoms with Crippen LogP contribution < -0.4 is 5.32 Å². The van der Waals surface area contributed by atoms with Crippen molar-refractivity contribution in [2.45, 2.75) is 38.4 Å². The second kappa shape index (κ2) is 6.00. The van der Waals surface area contributed by atoms with Crippen LogP contribution in [0.1, 0.15) is 33.6 Å². The lowest BCUT2D eigenvalue weighted by Gasteiger charge is -2.18. The first kappa shape index (κ1) is 15.9. The molecule has 0 aromatic heterocycles. The fourth-order valence-corrected chi connectivity index (χ4v) is 1.79. The van der Waals surface area contributed by atoms with Crippen molar-refractivity contribution in [3.63, 3.8) is 0 Å². The highest BCUT2D eigenvalue weighted by Crippen LogP contribution is 2.15. The molecular weight excluding hydrogens is 246 g/mol. The first-order valence-corrected chi connectivity index (χ1v) is 6.92. The summed E-state index contributed by atoms with van der Waals surface area (Å²) in [5.74, 6) is -2.10. The Bertz CT molecular complexity index is 380. The van der Waals surface area contributed by atoms with Gasteiger partial charge >= 0.3 is 5.97 Å². The maximum Gasteiger partial charge on any atom is 0.303 e. The van der Waals surface area contributed by atoms with Gasteiger partial charge in [-0.3, -0.25) is 9.59 Å². The fourth-order valence-electron chi connectivity index (χ4n) is 0.908. The van der Waals surface area contributed by atoms with Gasteiger partial charge in [0.05, 0.1) is 4.75 Å². The minimum Gasteiger partial charge on any atom is -0.481 e. The molecule has 0 heterocycles. The molecule has 0 aromatic rings. The highest BCUT2D eigenvalue weighted by atomic mass is 32.2. The Morgan fingerprint density at radius 3 is 2.18 bits per heavy atom. The van der Waals surface area contributed by atoms with Crippen LogP contribution in [0.2, 0.25) is 0 Å². The highest BCUT2D eigenvalue weighted by Gasteiger charge is 2.30. The number of nitrogens with one attached hydrogen (secondary N) is 1. The first-order valence-electron chi connectivity index (χ1n) is 5.27. The Morgan fingerprint density at radius 1 is 1.24 bits per heavy atom. The molecular formula is C10H19NO5S. The quantitative estimate of drug-likeness (QED) is 0.667. The molecule has 7 heteroatoms. The molecule has 0 aliphatic rings. The number of amides is 1. The zero-order chi connectivity index (χ0) is 13.7. The summed E-state index contributed by atoms with van der Waals surface area (Å²) >= 11 is 0. The Labute approximate surface area is 101 Å². The maximum absolute atomic E-state index is 11.6. The third kappa shape index (κ3) is 6.25.